The van der Waals surface area contributed by atoms with E-state index >= 15 is 0 Å². The van der Waals surface area contributed by atoms with Gasteiger partial charge in [-0.2, -0.15) is 0 Å². The molecule has 1 aromatic carbocycles. The van der Waals surface area contributed by atoms with Crippen molar-refractivity contribution in [3.05, 3.63) is 42.5 Å². The highest BCUT2D eigenvalue weighted by molar-refractivity contribution is 6.00. The van der Waals surface area contributed by atoms with Crippen molar-refractivity contribution in [3.8, 4) is 0 Å². The van der Waals surface area contributed by atoms with Crippen LogP contribution in [-0.2, 0) is 4.79 Å². The van der Waals surface area contributed by atoms with E-state index in [-0.39, 0.29) is 5.91 Å². The molecular formula is C10H10N2O2. The first kappa shape index (κ1) is 9.98. The Balaban J connectivity index is 2.88. The number of nitrogens with two attached hydrogens (primary N) is 1. The van der Waals surface area contributed by atoms with Gasteiger partial charge in [0.2, 0.25) is 11.8 Å². The van der Waals surface area contributed by atoms with Crippen molar-refractivity contribution in [2.45, 2.75) is 0 Å². The first-order valence-electron chi connectivity index (χ1n) is 3.97. The Kier molecular flexibility index (Phi) is 3.01. The van der Waals surface area contributed by atoms with E-state index in [0.29, 0.717) is 11.3 Å². The molecule has 3 N–H and O–H groups in total. The molecule has 0 saturated heterocycles. The number of primary amides is 1. The zero-order valence-electron chi connectivity index (χ0n) is 7.49. The minimum Gasteiger partial charge on any atom is -0.366 e. The number of carbonyl (C=O) groups excluding carboxylic acids is 2. The fourth-order valence-corrected chi connectivity index (χ4v) is 0.944. The molecule has 0 bridgehead atoms. The minimum atomic E-state index is -0.528. The van der Waals surface area contributed by atoms with Crippen molar-refractivity contribution in [1.82, 2.24) is 0 Å². The van der Waals surface area contributed by atoms with Gasteiger partial charge in [0.25, 0.3) is 0 Å². The number of rotatable bonds is 3. The van der Waals surface area contributed by atoms with Crippen molar-refractivity contribution in [3.63, 3.8) is 0 Å². The van der Waals surface area contributed by atoms with Gasteiger partial charge in [0.05, 0.1) is 0 Å². The number of hydrogen-bond donors (Lipinski definition) is 2. The van der Waals surface area contributed by atoms with E-state index in [1.54, 1.807) is 18.2 Å². The standard InChI is InChI=1S/C10H10N2O2/c1-2-9(13)12-8-5-3-4-7(6-8)10(11)14/h2-6H,1H2,(H2,11,14)(H,12,13). The SMILES string of the molecule is C=CC(=O)Nc1cccc(C(N)=O)c1. The molecule has 72 valence electrons. The van der Waals surface area contributed by atoms with Gasteiger partial charge in [-0.15, -0.1) is 0 Å². The monoisotopic (exact) mass is 190 g/mol. The van der Waals surface area contributed by atoms with Gasteiger partial charge in [-0.3, -0.25) is 9.59 Å². The number of benzene rings is 1. The van der Waals surface area contributed by atoms with E-state index < -0.39 is 5.91 Å². The zero-order chi connectivity index (χ0) is 10.6. The van der Waals surface area contributed by atoms with Gasteiger partial charge in [-0.1, -0.05) is 12.6 Å². The Hall–Kier alpha value is -2.10. The predicted octanol–water partition coefficient (Wildman–Crippen LogP) is 0.910. The van der Waals surface area contributed by atoms with Crippen LogP contribution in [0.1, 0.15) is 10.4 Å². The molecule has 0 atom stereocenters. The Morgan fingerprint density at radius 2 is 2.14 bits per heavy atom. The summed E-state index contributed by atoms with van der Waals surface area (Å²) in [5.74, 6) is -0.855. The predicted molar refractivity (Wildman–Crippen MR) is 53.8 cm³/mol. The molecule has 0 fully saturated rings. The van der Waals surface area contributed by atoms with Crippen LogP contribution in [0.25, 0.3) is 0 Å². The number of nitrogens with one attached hydrogen (secondary N) is 1. The second-order valence-corrected chi connectivity index (χ2v) is 2.64. The zero-order valence-corrected chi connectivity index (χ0v) is 7.49. The van der Waals surface area contributed by atoms with Gasteiger partial charge in [0.15, 0.2) is 0 Å². The van der Waals surface area contributed by atoms with Crippen LogP contribution in [0.3, 0.4) is 0 Å². The highest BCUT2D eigenvalue weighted by Crippen LogP contribution is 2.09. The van der Waals surface area contributed by atoms with Crippen LogP contribution >= 0.6 is 0 Å². The second kappa shape index (κ2) is 4.23. The van der Waals surface area contributed by atoms with E-state index in [1.807, 2.05) is 0 Å². The van der Waals surface area contributed by atoms with E-state index in [2.05, 4.69) is 11.9 Å². The summed E-state index contributed by atoms with van der Waals surface area (Å²) in [5.41, 5.74) is 5.95. The van der Waals surface area contributed by atoms with Crippen molar-refractivity contribution in [2.24, 2.45) is 5.73 Å². The molecule has 4 nitrogen and oxygen atoms in total. The third-order valence-electron chi connectivity index (χ3n) is 1.60. The van der Waals surface area contributed by atoms with Crippen LogP contribution in [0.5, 0.6) is 0 Å². The summed E-state index contributed by atoms with van der Waals surface area (Å²) in [6, 6.07) is 6.38. The van der Waals surface area contributed by atoms with Crippen molar-refractivity contribution in [1.29, 1.82) is 0 Å². The first-order valence-corrected chi connectivity index (χ1v) is 3.97. The lowest BCUT2D eigenvalue weighted by Crippen LogP contribution is -2.12. The Morgan fingerprint density at radius 3 is 2.71 bits per heavy atom. The molecule has 0 aromatic heterocycles. The molecule has 0 radical (unpaired) electrons. The van der Waals surface area contributed by atoms with E-state index in [0.717, 1.165) is 6.08 Å². The van der Waals surface area contributed by atoms with Crippen LogP contribution in [0.2, 0.25) is 0 Å². The Labute approximate surface area is 81.4 Å². The lowest BCUT2D eigenvalue weighted by molar-refractivity contribution is -0.111. The average molecular weight is 190 g/mol. The van der Waals surface area contributed by atoms with Crippen molar-refractivity contribution in [2.75, 3.05) is 5.32 Å². The molecule has 0 spiro atoms. The van der Waals surface area contributed by atoms with Crippen LogP contribution < -0.4 is 11.1 Å². The van der Waals surface area contributed by atoms with Crippen LogP contribution in [0, 0.1) is 0 Å². The number of amides is 2. The molecule has 0 aliphatic heterocycles. The molecule has 14 heavy (non-hydrogen) atoms. The summed E-state index contributed by atoms with van der Waals surface area (Å²) >= 11 is 0. The third-order valence-corrected chi connectivity index (χ3v) is 1.60. The molecule has 2 amide bonds. The smallest absolute Gasteiger partial charge is 0.248 e. The van der Waals surface area contributed by atoms with Gasteiger partial charge >= 0.3 is 0 Å². The number of anilines is 1. The summed E-state index contributed by atoms with van der Waals surface area (Å²) in [7, 11) is 0. The molecule has 0 heterocycles. The van der Waals surface area contributed by atoms with Gasteiger partial charge < -0.3 is 11.1 Å². The van der Waals surface area contributed by atoms with Crippen molar-refractivity contribution >= 4 is 17.5 Å². The van der Waals surface area contributed by atoms with Gasteiger partial charge in [0, 0.05) is 11.3 Å². The fraction of sp³-hybridized carbons (Fsp3) is 0. The molecule has 0 aliphatic carbocycles. The molecule has 1 rings (SSSR count). The van der Waals surface area contributed by atoms with Crippen molar-refractivity contribution < 1.29 is 9.59 Å². The normalized spacial score (nSPS) is 9.14. The molecule has 0 unspecified atom stereocenters. The average Bonchev–Trinajstić information content (AvgIpc) is 2.18. The van der Waals surface area contributed by atoms with E-state index in [1.165, 1.54) is 6.07 Å². The lowest BCUT2D eigenvalue weighted by Gasteiger charge is -2.02. The lowest BCUT2D eigenvalue weighted by atomic mass is 10.2. The van der Waals surface area contributed by atoms with Gasteiger partial charge in [0.1, 0.15) is 0 Å². The first-order chi connectivity index (χ1) is 6.63. The van der Waals surface area contributed by atoms with E-state index in [4.69, 9.17) is 5.73 Å². The summed E-state index contributed by atoms with van der Waals surface area (Å²) in [5, 5.41) is 2.52. The number of carbonyl (C=O) groups is 2. The highest BCUT2D eigenvalue weighted by Gasteiger charge is 2.02. The summed E-state index contributed by atoms with van der Waals surface area (Å²) in [4.78, 5) is 21.7. The van der Waals surface area contributed by atoms with Gasteiger partial charge in [-0.05, 0) is 24.3 Å². The maximum Gasteiger partial charge on any atom is 0.248 e. The molecular weight excluding hydrogens is 180 g/mol. The van der Waals surface area contributed by atoms with Gasteiger partial charge in [-0.25, -0.2) is 0 Å². The summed E-state index contributed by atoms with van der Waals surface area (Å²) in [6.07, 6.45) is 1.15. The maximum atomic E-state index is 10.9. The largest absolute Gasteiger partial charge is 0.366 e. The fourth-order valence-electron chi connectivity index (χ4n) is 0.944. The van der Waals surface area contributed by atoms with Crippen LogP contribution in [0.4, 0.5) is 5.69 Å². The maximum absolute atomic E-state index is 10.9. The summed E-state index contributed by atoms with van der Waals surface area (Å²) in [6.45, 7) is 3.31. The topological polar surface area (TPSA) is 72.2 Å². The molecule has 4 heteroatoms. The molecule has 0 saturated carbocycles. The van der Waals surface area contributed by atoms with Crippen LogP contribution in [0.15, 0.2) is 36.9 Å². The third kappa shape index (κ3) is 2.45. The molecule has 1 aromatic rings. The highest BCUT2D eigenvalue weighted by atomic mass is 16.1. The second-order valence-electron chi connectivity index (χ2n) is 2.64. The minimum absolute atomic E-state index is 0.327. The van der Waals surface area contributed by atoms with E-state index in [9.17, 15) is 9.59 Å². The summed E-state index contributed by atoms with van der Waals surface area (Å²) < 4.78 is 0. The quantitative estimate of drug-likeness (QED) is 0.695. The Morgan fingerprint density at radius 1 is 1.43 bits per heavy atom. The van der Waals surface area contributed by atoms with Crippen LogP contribution in [-0.4, -0.2) is 11.8 Å². The molecule has 0 aliphatic rings. The number of hydrogen-bond acceptors (Lipinski definition) is 2. The Bertz CT molecular complexity index is 385.